The van der Waals surface area contributed by atoms with Gasteiger partial charge >= 0.3 is 0 Å². The third kappa shape index (κ3) is 3.52. The van der Waals surface area contributed by atoms with Crippen LogP contribution in [0.2, 0.25) is 5.02 Å². The Hall–Kier alpha value is -1.45. The summed E-state index contributed by atoms with van der Waals surface area (Å²) in [5.74, 6) is 1.09. The zero-order valence-corrected chi connectivity index (χ0v) is 10.9. The highest BCUT2D eigenvalue weighted by molar-refractivity contribution is 6.32. The van der Waals surface area contributed by atoms with Gasteiger partial charge in [-0.1, -0.05) is 17.7 Å². The maximum atomic E-state index is 9.33. The molecular formula is C14H16ClNO2. The summed E-state index contributed by atoms with van der Waals surface area (Å²) in [6.45, 7) is 2.81. The molecule has 3 nitrogen and oxygen atoms in total. The fourth-order valence-electron chi connectivity index (χ4n) is 1.76. The molecule has 0 saturated carbocycles. The smallest absolute Gasteiger partial charge is 0.134 e. The van der Waals surface area contributed by atoms with E-state index in [1.54, 1.807) is 18.4 Å². The Bertz CT molecular complexity index is 497. The van der Waals surface area contributed by atoms with Crippen molar-refractivity contribution in [1.29, 1.82) is 0 Å². The Morgan fingerprint density at radius 2 is 2.22 bits per heavy atom. The van der Waals surface area contributed by atoms with Crippen LogP contribution in [0.4, 0.5) is 0 Å². The summed E-state index contributed by atoms with van der Waals surface area (Å²) in [5, 5.41) is 13.1. The average molecular weight is 266 g/mol. The Labute approximate surface area is 111 Å². The van der Waals surface area contributed by atoms with E-state index in [0.29, 0.717) is 17.6 Å². The zero-order chi connectivity index (χ0) is 13.0. The molecular weight excluding hydrogens is 250 g/mol. The van der Waals surface area contributed by atoms with Crippen LogP contribution < -0.4 is 5.32 Å². The van der Waals surface area contributed by atoms with E-state index in [0.717, 1.165) is 17.7 Å². The summed E-state index contributed by atoms with van der Waals surface area (Å²) >= 11 is 5.85. The first-order valence-corrected chi connectivity index (χ1v) is 6.26. The van der Waals surface area contributed by atoms with E-state index in [-0.39, 0.29) is 5.75 Å². The van der Waals surface area contributed by atoms with Crippen LogP contribution in [0, 0.1) is 0 Å². The standard InChI is InChI=1S/C14H16ClNO2/c1-10(7-12-3-2-6-18-12)16-9-11-4-5-14(17)13(15)8-11/h2-6,8,10,16-17H,7,9H2,1H3. The highest BCUT2D eigenvalue weighted by atomic mass is 35.5. The van der Waals surface area contributed by atoms with Crippen molar-refractivity contribution >= 4 is 11.6 Å². The van der Waals surface area contributed by atoms with Crippen LogP contribution in [0.25, 0.3) is 0 Å². The molecule has 18 heavy (non-hydrogen) atoms. The molecule has 0 radical (unpaired) electrons. The summed E-state index contributed by atoms with van der Waals surface area (Å²) in [6.07, 6.45) is 2.53. The molecule has 96 valence electrons. The van der Waals surface area contributed by atoms with Crippen LogP contribution in [0.15, 0.2) is 41.0 Å². The molecule has 0 aliphatic carbocycles. The van der Waals surface area contributed by atoms with Gasteiger partial charge in [-0.05, 0) is 36.8 Å². The average Bonchev–Trinajstić information content (AvgIpc) is 2.83. The number of aromatic hydroxyl groups is 1. The molecule has 0 aliphatic rings. The zero-order valence-electron chi connectivity index (χ0n) is 10.2. The predicted octanol–water partition coefficient (Wildman–Crippen LogP) is 3.36. The number of hydrogen-bond acceptors (Lipinski definition) is 3. The van der Waals surface area contributed by atoms with Crippen molar-refractivity contribution in [3.8, 4) is 5.75 Å². The van der Waals surface area contributed by atoms with Gasteiger partial charge < -0.3 is 14.8 Å². The normalized spacial score (nSPS) is 12.6. The lowest BCUT2D eigenvalue weighted by atomic mass is 10.1. The summed E-state index contributed by atoms with van der Waals surface area (Å²) in [6, 6.07) is 9.40. The van der Waals surface area contributed by atoms with Crippen molar-refractivity contribution < 1.29 is 9.52 Å². The first-order chi connectivity index (χ1) is 8.65. The SMILES string of the molecule is CC(Cc1ccco1)NCc1ccc(O)c(Cl)c1. The molecule has 1 unspecified atom stereocenters. The second kappa shape index (κ2) is 5.94. The van der Waals surface area contributed by atoms with Gasteiger partial charge in [0, 0.05) is 19.0 Å². The maximum Gasteiger partial charge on any atom is 0.134 e. The number of benzene rings is 1. The molecule has 1 aromatic carbocycles. The van der Waals surface area contributed by atoms with Crippen molar-refractivity contribution in [1.82, 2.24) is 5.32 Å². The highest BCUT2D eigenvalue weighted by Gasteiger charge is 2.06. The van der Waals surface area contributed by atoms with Gasteiger partial charge in [-0.3, -0.25) is 0 Å². The minimum atomic E-state index is 0.115. The molecule has 0 aliphatic heterocycles. The lowest BCUT2D eigenvalue weighted by Gasteiger charge is -2.12. The van der Waals surface area contributed by atoms with Crippen molar-refractivity contribution in [2.24, 2.45) is 0 Å². The number of furan rings is 1. The molecule has 0 fully saturated rings. The van der Waals surface area contributed by atoms with Crippen LogP contribution in [0.3, 0.4) is 0 Å². The number of halogens is 1. The molecule has 0 amide bonds. The number of phenols is 1. The molecule has 2 rings (SSSR count). The third-order valence-corrected chi connectivity index (χ3v) is 3.06. The van der Waals surface area contributed by atoms with Gasteiger partial charge in [0.2, 0.25) is 0 Å². The lowest BCUT2D eigenvalue weighted by Crippen LogP contribution is -2.27. The molecule has 0 saturated heterocycles. The van der Waals surface area contributed by atoms with Crippen LogP contribution in [-0.4, -0.2) is 11.1 Å². The van der Waals surface area contributed by atoms with E-state index < -0.39 is 0 Å². The highest BCUT2D eigenvalue weighted by Crippen LogP contribution is 2.23. The molecule has 1 aromatic heterocycles. The largest absolute Gasteiger partial charge is 0.506 e. The summed E-state index contributed by atoms with van der Waals surface area (Å²) in [4.78, 5) is 0. The van der Waals surface area contributed by atoms with Gasteiger partial charge in [-0.2, -0.15) is 0 Å². The fraction of sp³-hybridized carbons (Fsp3) is 0.286. The van der Waals surface area contributed by atoms with Crippen molar-refractivity contribution in [2.75, 3.05) is 0 Å². The molecule has 0 bridgehead atoms. The number of rotatable bonds is 5. The van der Waals surface area contributed by atoms with E-state index in [2.05, 4.69) is 12.2 Å². The van der Waals surface area contributed by atoms with Gasteiger partial charge in [-0.15, -0.1) is 0 Å². The Morgan fingerprint density at radius 1 is 1.39 bits per heavy atom. The van der Waals surface area contributed by atoms with E-state index in [1.165, 1.54) is 0 Å². The minimum absolute atomic E-state index is 0.115. The molecule has 1 atom stereocenters. The van der Waals surface area contributed by atoms with Gasteiger partial charge in [0.25, 0.3) is 0 Å². The predicted molar refractivity (Wildman–Crippen MR) is 71.8 cm³/mol. The Morgan fingerprint density at radius 3 is 2.89 bits per heavy atom. The summed E-state index contributed by atoms with van der Waals surface area (Å²) in [7, 11) is 0. The number of hydrogen-bond donors (Lipinski definition) is 2. The van der Waals surface area contributed by atoms with Crippen LogP contribution >= 0.6 is 11.6 Å². The molecule has 2 N–H and O–H groups in total. The minimum Gasteiger partial charge on any atom is -0.506 e. The Balaban J connectivity index is 1.85. The monoisotopic (exact) mass is 265 g/mol. The molecule has 2 aromatic rings. The van der Waals surface area contributed by atoms with Gasteiger partial charge in [0.05, 0.1) is 11.3 Å². The quantitative estimate of drug-likeness (QED) is 0.871. The van der Waals surface area contributed by atoms with Gasteiger partial charge in [-0.25, -0.2) is 0 Å². The van der Waals surface area contributed by atoms with Crippen LogP contribution in [0.1, 0.15) is 18.2 Å². The number of nitrogens with one attached hydrogen (secondary N) is 1. The van der Waals surface area contributed by atoms with Crippen LogP contribution in [0.5, 0.6) is 5.75 Å². The van der Waals surface area contributed by atoms with E-state index in [9.17, 15) is 5.11 Å². The topological polar surface area (TPSA) is 45.4 Å². The summed E-state index contributed by atoms with van der Waals surface area (Å²) in [5.41, 5.74) is 1.05. The van der Waals surface area contributed by atoms with Gasteiger partial charge in [0.15, 0.2) is 0 Å². The third-order valence-electron chi connectivity index (χ3n) is 2.75. The summed E-state index contributed by atoms with van der Waals surface area (Å²) < 4.78 is 5.30. The second-order valence-electron chi connectivity index (χ2n) is 4.35. The van der Waals surface area contributed by atoms with E-state index in [1.807, 2.05) is 18.2 Å². The van der Waals surface area contributed by atoms with E-state index >= 15 is 0 Å². The van der Waals surface area contributed by atoms with Gasteiger partial charge in [0.1, 0.15) is 11.5 Å². The molecule has 4 heteroatoms. The lowest BCUT2D eigenvalue weighted by molar-refractivity contribution is 0.456. The fourth-order valence-corrected chi connectivity index (χ4v) is 1.96. The molecule has 0 spiro atoms. The number of phenolic OH excluding ortho intramolecular Hbond substituents is 1. The Kier molecular flexibility index (Phi) is 4.28. The first kappa shape index (κ1) is 13.0. The first-order valence-electron chi connectivity index (χ1n) is 5.88. The van der Waals surface area contributed by atoms with Crippen LogP contribution in [-0.2, 0) is 13.0 Å². The van der Waals surface area contributed by atoms with Crippen molar-refractivity contribution in [3.05, 3.63) is 52.9 Å². The second-order valence-corrected chi connectivity index (χ2v) is 4.76. The van der Waals surface area contributed by atoms with Crippen molar-refractivity contribution in [3.63, 3.8) is 0 Å². The maximum absolute atomic E-state index is 9.33. The molecule has 1 heterocycles. The van der Waals surface area contributed by atoms with Crippen molar-refractivity contribution in [2.45, 2.75) is 25.9 Å². The van der Waals surface area contributed by atoms with E-state index in [4.69, 9.17) is 16.0 Å².